The van der Waals surface area contributed by atoms with Crippen molar-refractivity contribution in [2.75, 3.05) is 4.90 Å². The van der Waals surface area contributed by atoms with Gasteiger partial charge >= 0.3 is 0 Å². The summed E-state index contributed by atoms with van der Waals surface area (Å²) >= 11 is 0. The van der Waals surface area contributed by atoms with Gasteiger partial charge in [-0.3, -0.25) is 4.79 Å². The third kappa shape index (κ3) is 3.96. The first kappa shape index (κ1) is 18.7. The van der Waals surface area contributed by atoms with Crippen LogP contribution in [-0.4, -0.2) is 10.9 Å². The van der Waals surface area contributed by atoms with Crippen LogP contribution in [0.5, 0.6) is 0 Å². The summed E-state index contributed by atoms with van der Waals surface area (Å²) in [5, 5.41) is 10.7. The molecule has 4 aromatic rings. The Morgan fingerprint density at radius 2 is 1.07 bits per heavy atom. The maximum absolute atomic E-state index is 13.3. The number of hydrogen-bond donors (Lipinski definition) is 1. The van der Waals surface area contributed by atoms with Gasteiger partial charge in [-0.15, -0.1) is 0 Å². The number of Topliss-reactive ketones (excluding diaryl/α,β-unsaturated/α-hetero) is 1. The molecule has 0 fully saturated rings. The van der Waals surface area contributed by atoms with E-state index in [-0.39, 0.29) is 5.78 Å². The van der Waals surface area contributed by atoms with Gasteiger partial charge in [-0.2, -0.15) is 0 Å². The van der Waals surface area contributed by atoms with Crippen molar-refractivity contribution >= 4 is 22.8 Å². The average molecular weight is 379 g/mol. The number of ketones is 1. The molecule has 142 valence electrons. The van der Waals surface area contributed by atoms with E-state index in [4.69, 9.17) is 0 Å². The van der Waals surface area contributed by atoms with E-state index in [0.29, 0.717) is 11.1 Å². The number of para-hydroxylation sites is 3. The lowest BCUT2D eigenvalue weighted by atomic mass is 9.97. The van der Waals surface area contributed by atoms with E-state index in [2.05, 4.69) is 0 Å². The summed E-state index contributed by atoms with van der Waals surface area (Å²) in [5.41, 5.74) is 3.65. The second kappa shape index (κ2) is 8.55. The highest BCUT2D eigenvalue weighted by molar-refractivity contribution is 6.06. The number of anilines is 3. The zero-order valence-corrected chi connectivity index (χ0v) is 15.8. The molecule has 1 N–H and O–H groups in total. The standard InChI is InChI=1S/C26H21NO2/c28-25(20-12-4-1-5-13-20)26(29)23-18-10-11-19-24(23)27(21-14-6-2-7-15-21)22-16-8-3-9-17-22/h1-19,25,28H. The first-order valence-electron chi connectivity index (χ1n) is 9.52. The fourth-order valence-corrected chi connectivity index (χ4v) is 3.39. The van der Waals surface area contributed by atoms with Crippen LogP contribution in [0.1, 0.15) is 22.0 Å². The van der Waals surface area contributed by atoms with Crippen molar-refractivity contribution in [3.8, 4) is 0 Å². The molecule has 0 saturated carbocycles. The van der Waals surface area contributed by atoms with Crippen molar-refractivity contribution in [3.05, 3.63) is 126 Å². The van der Waals surface area contributed by atoms with Gasteiger partial charge in [0, 0.05) is 16.9 Å². The van der Waals surface area contributed by atoms with E-state index in [1.807, 2.05) is 102 Å². The molecule has 0 bridgehead atoms. The molecule has 0 aliphatic heterocycles. The maximum atomic E-state index is 13.3. The van der Waals surface area contributed by atoms with Crippen LogP contribution in [0.3, 0.4) is 0 Å². The van der Waals surface area contributed by atoms with Crippen LogP contribution >= 0.6 is 0 Å². The summed E-state index contributed by atoms with van der Waals surface area (Å²) < 4.78 is 0. The van der Waals surface area contributed by atoms with Crippen LogP contribution in [0.25, 0.3) is 0 Å². The highest BCUT2D eigenvalue weighted by atomic mass is 16.3. The lowest BCUT2D eigenvalue weighted by molar-refractivity contribution is 0.0748. The van der Waals surface area contributed by atoms with E-state index in [0.717, 1.165) is 17.1 Å². The minimum absolute atomic E-state index is 0.330. The van der Waals surface area contributed by atoms with Crippen LogP contribution in [0.15, 0.2) is 115 Å². The lowest BCUT2D eigenvalue weighted by Gasteiger charge is -2.27. The number of benzene rings is 4. The highest BCUT2D eigenvalue weighted by Crippen LogP contribution is 2.37. The molecular weight excluding hydrogens is 358 g/mol. The summed E-state index contributed by atoms with van der Waals surface area (Å²) in [4.78, 5) is 15.3. The summed E-state index contributed by atoms with van der Waals surface area (Å²) in [6, 6.07) is 36.2. The van der Waals surface area contributed by atoms with Gasteiger partial charge in [0.2, 0.25) is 0 Å². The van der Waals surface area contributed by atoms with Crippen molar-refractivity contribution in [1.29, 1.82) is 0 Å². The first-order valence-corrected chi connectivity index (χ1v) is 9.52. The number of carbonyl (C=O) groups excluding carboxylic acids is 1. The Balaban J connectivity index is 1.82. The van der Waals surface area contributed by atoms with Crippen molar-refractivity contribution in [3.63, 3.8) is 0 Å². The molecule has 0 heterocycles. The van der Waals surface area contributed by atoms with Crippen molar-refractivity contribution < 1.29 is 9.90 Å². The molecule has 1 atom stereocenters. The van der Waals surface area contributed by atoms with E-state index < -0.39 is 6.10 Å². The summed E-state index contributed by atoms with van der Waals surface area (Å²) in [5.74, 6) is -0.330. The molecule has 0 spiro atoms. The molecule has 4 rings (SSSR count). The molecule has 0 amide bonds. The SMILES string of the molecule is O=C(c1ccccc1N(c1ccccc1)c1ccccc1)C(O)c1ccccc1. The van der Waals surface area contributed by atoms with Gasteiger partial charge in [0.1, 0.15) is 6.10 Å². The Hall–Kier alpha value is -3.69. The Kier molecular flexibility index (Phi) is 5.50. The average Bonchev–Trinajstić information content (AvgIpc) is 2.81. The minimum atomic E-state index is -1.22. The number of carbonyl (C=O) groups is 1. The largest absolute Gasteiger partial charge is 0.380 e. The number of aliphatic hydroxyl groups excluding tert-OH is 1. The molecule has 3 heteroatoms. The van der Waals surface area contributed by atoms with Gasteiger partial charge in [-0.1, -0.05) is 78.9 Å². The molecule has 0 radical (unpaired) electrons. The number of hydrogen-bond acceptors (Lipinski definition) is 3. The summed E-state index contributed by atoms with van der Waals surface area (Å²) in [7, 11) is 0. The Morgan fingerprint density at radius 1 is 0.621 bits per heavy atom. The summed E-state index contributed by atoms with van der Waals surface area (Å²) in [6.45, 7) is 0. The second-order valence-electron chi connectivity index (χ2n) is 6.70. The van der Waals surface area contributed by atoms with Crippen LogP contribution in [-0.2, 0) is 0 Å². The number of nitrogens with zero attached hydrogens (tertiary/aromatic N) is 1. The molecule has 0 aliphatic rings. The van der Waals surface area contributed by atoms with Crippen LogP contribution in [0, 0.1) is 0 Å². The van der Waals surface area contributed by atoms with E-state index >= 15 is 0 Å². The van der Waals surface area contributed by atoms with Gasteiger partial charge < -0.3 is 10.0 Å². The smallest absolute Gasteiger partial charge is 0.197 e. The van der Waals surface area contributed by atoms with Gasteiger partial charge in [-0.05, 0) is 42.0 Å². The first-order chi connectivity index (χ1) is 14.3. The lowest BCUT2D eigenvalue weighted by Crippen LogP contribution is -2.18. The quantitative estimate of drug-likeness (QED) is 0.413. The minimum Gasteiger partial charge on any atom is -0.380 e. The van der Waals surface area contributed by atoms with Crippen LogP contribution in [0.2, 0.25) is 0 Å². The summed E-state index contributed by atoms with van der Waals surface area (Å²) in [6.07, 6.45) is -1.22. The molecule has 0 aromatic heterocycles. The fraction of sp³-hybridized carbons (Fsp3) is 0.0385. The fourth-order valence-electron chi connectivity index (χ4n) is 3.39. The molecule has 3 nitrogen and oxygen atoms in total. The van der Waals surface area contributed by atoms with Crippen molar-refractivity contribution in [2.24, 2.45) is 0 Å². The Bertz CT molecular complexity index is 1040. The van der Waals surface area contributed by atoms with Gasteiger partial charge in [-0.25, -0.2) is 0 Å². The number of rotatable bonds is 6. The van der Waals surface area contributed by atoms with Gasteiger partial charge in [0.25, 0.3) is 0 Å². The monoisotopic (exact) mass is 379 g/mol. The topological polar surface area (TPSA) is 40.5 Å². The van der Waals surface area contributed by atoms with E-state index in [9.17, 15) is 9.90 Å². The highest BCUT2D eigenvalue weighted by Gasteiger charge is 2.24. The van der Waals surface area contributed by atoms with Gasteiger partial charge in [0.15, 0.2) is 5.78 Å². The third-order valence-electron chi connectivity index (χ3n) is 4.80. The second-order valence-corrected chi connectivity index (χ2v) is 6.70. The molecule has 29 heavy (non-hydrogen) atoms. The maximum Gasteiger partial charge on any atom is 0.197 e. The molecular formula is C26H21NO2. The van der Waals surface area contributed by atoms with Crippen molar-refractivity contribution in [1.82, 2.24) is 0 Å². The molecule has 4 aromatic carbocycles. The Morgan fingerprint density at radius 3 is 1.62 bits per heavy atom. The third-order valence-corrected chi connectivity index (χ3v) is 4.80. The molecule has 1 unspecified atom stereocenters. The van der Waals surface area contributed by atoms with Gasteiger partial charge in [0.05, 0.1) is 5.69 Å². The Labute approximate surface area is 170 Å². The number of aliphatic hydroxyl groups is 1. The van der Waals surface area contributed by atoms with Crippen LogP contribution < -0.4 is 4.90 Å². The van der Waals surface area contributed by atoms with E-state index in [1.54, 1.807) is 18.2 Å². The van der Waals surface area contributed by atoms with E-state index in [1.165, 1.54) is 0 Å². The normalized spacial score (nSPS) is 11.6. The van der Waals surface area contributed by atoms with Crippen LogP contribution in [0.4, 0.5) is 17.1 Å². The molecule has 0 saturated heterocycles. The zero-order valence-electron chi connectivity index (χ0n) is 15.8. The zero-order chi connectivity index (χ0) is 20.1. The molecule has 0 aliphatic carbocycles. The predicted molar refractivity (Wildman–Crippen MR) is 117 cm³/mol. The van der Waals surface area contributed by atoms with Crippen molar-refractivity contribution in [2.45, 2.75) is 6.10 Å². The predicted octanol–water partition coefficient (Wildman–Crippen LogP) is 6.07.